The molecule has 2 aromatic rings. The molecule has 0 radical (unpaired) electrons. The number of carbonyl (C=O) groups is 1. The molecule has 1 heterocycles. The van der Waals surface area contributed by atoms with Crippen molar-refractivity contribution in [2.45, 2.75) is 20.8 Å². The summed E-state index contributed by atoms with van der Waals surface area (Å²) < 4.78 is 6.65. The number of benzene rings is 1. The van der Waals surface area contributed by atoms with Gasteiger partial charge in [0.1, 0.15) is 11.3 Å². The summed E-state index contributed by atoms with van der Waals surface area (Å²) in [5.74, 6) is -0.599. The van der Waals surface area contributed by atoms with E-state index in [1.54, 1.807) is 6.92 Å². The van der Waals surface area contributed by atoms with Gasteiger partial charge in [0.2, 0.25) is 5.88 Å². The molecule has 6 heteroatoms. The van der Waals surface area contributed by atoms with Gasteiger partial charge in [0.05, 0.1) is 5.02 Å². The van der Waals surface area contributed by atoms with Crippen molar-refractivity contribution in [3.63, 3.8) is 0 Å². The molecule has 1 aromatic heterocycles. The van der Waals surface area contributed by atoms with E-state index in [2.05, 4.69) is 20.9 Å². The van der Waals surface area contributed by atoms with E-state index in [0.29, 0.717) is 11.3 Å². The Balaban J connectivity index is 2.55. The van der Waals surface area contributed by atoms with Gasteiger partial charge in [-0.2, -0.15) is 0 Å². The molecule has 0 atom stereocenters. The standard InChI is InChI=1S/C15H13BrClNO3/c1-7-4-10(16)5-8(2)13(7)21-14-11(15(19)20)12(17)9(3)6-18-14/h4-6H,1-3H3,(H,19,20). The quantitative estimate of drug-likeness (QED) is 0.833. The molecule has 110 valence electrons. The average Bonchev–Trinajstić information content (AvgIpc) is 2.37. The number of carboxylic acids is 1. The molecule has 0 aliphatic rings. The van der Waals surface area contributed by atoms with Gasteiger partial charge in [0.25, 0.3) is 0 Å². The van der Waals surface area contributed by atoms with Crippen LogP contribution in [0.4, 0.5) is 0 Å². The Morgan fingerprint density at radius 1 is 1.24 bits per heavy atom. The Bertz CT molecular complexity index is 708. The number of aromatic nitrogens is 1. The van der Waals surface area contributed by atoms with Crippen LogP contribution >= 0.6 is 27.5 Å². The van der Waals surface area contributed by atoms with E-state index in [1.807, 2.05) is 26.0 Å². The fourth-order valence-corrected chi connectivity index (χ4v) is 2.88. The van der Waals surface area contributed by atoms with E-state index < -0.39 is 5.97 Å². The zero-order valence-electron chi connectivity index (χ0n) is 11.7. The molecule has 4 nitrogen and oxygen atoms in total. The van der Waals surface area contributed by atoms with Crippen LogP contribution in [0.1, 0.15) is 27.0 Å². The molecule has 1 N–H and O–H groups in total. The molecule has 0 bridgehead atoms. The van der Waals surface area contributed by atoms with Crippen molar-refractivity contribution in [3.05, 3.63) is 50.1 Å². The highest BCUT2D eigenvalue weighted by Crippen LogP contribution is 2.34. The van der Waals surface area contributed by atoms with Gasteiger partial charge in [-0.3, -0.25) is 0 Å². The second kappa shape index (κ2) is 6.03. The number of pyridine rings is 1. The Hall–Kier alpha value is -1.59. The van der Waals surface area contributed by atoms with E-state index in [9.17, 15) is 9.90 Å². The van der Waals surface area contributed by atoms with Crippen LogP contribution in [0.5, 0.6) is 11.6 Å². The lowest BCUT2D eigenvalue weighted by Crippen LogP contribution is -2.05. The highest BCUT2D eigenvalue weighted by molar-refractivity contribution is 9.10. The topological polar surface area (TPSA) is 59.4 Å². The van der Waals surface area contributed by atoms with Gasteiger partial charge in [-0.1, -0.05) is 27.5 Å². The second-order valence-corrected chi connectivity index (χ2v) is 6.00. The van der Waals surface area contributed by atoms with Gasteiger partial charge in [-0.05, 0) is 49.6 Å². The Labute approximate surface area is 135 Å². The van der Waals surface area contributed by atoms with Gasteiger partial charge in [0, 0.05) is 10.7 Å². The molecule has 0 unspecified atom stereocenters. The third-order valence-corrected chi connectivity index (χ3v) is 3.94. The molecule has 0 saturated heterocycles. The first-order valence-corrected chi connectivity index (χ1v) is 7.31. The third-order valence-electron chi connectivity index (χ3n) is 2.99. The summed E-state index contributed by atoms with van der Waals surface area (Å²) in [4.78, 5) is 15.5. The Morgan fingerprint density at radius 3 is 2.33 bits per heavy atom. The van der Waals surface area contributed by atoms with Gasteiger partial charge >= 0.3 is 5.97 Å². The molecule has 0 aliphatic carbocycles. The van der Waals surface area contributed by atoms with Crippen molar-refractivity contribution in [2.75, 3.05) is 0 Å². The fourth-order valence-electron chi connectivity index (χ4n) is 1.99. The summed E-state index contributed by atoms with van der Waals surface area (Å²) >= 11 is 9.46. The number of aryl methyl sites for hydroxylation is 3. The molecule has 1 aromatic carbocycles. The highest BCUT2D eigenvalue weighted by Gasteiger charge is 2.21. The van der Waals surface area contributed by atoms with Crippen LogP contribution in [0.2, 0.25) is 5.02 Å². The van der Waals surface area contributed by atoms with Crippen LogP contribution in [0, 0.1) is 20.8 Å². The summed E-state index contributed by atoms with van der Waals surface area (Å²) in [6, 6.07) is 3.77. The molecule has 0 saturated carbocycles. The number of hydrogen-bond donors (Lipinski definition) is 1. The first kappa shape index (κ1) is 15.8. The van der Waals surface area contributed by atoms with Crippen LogP contribution < -0.4 is 4.74 Å². The van der Waals surface area contributed by atoms with E-state index in [1.165, 1.54) is 6.20 Å². The summed E-state index contributed by atoms with van der Waals surface area (Å²) in [7, 11) is 0. The average molecular weight is 371 g/mol. The van der Waals surface area contributed by atoms with E-state index in [4.69, 9.17) is 16.3 Å². The minimum absolute atomic E-state index is 0.00776. The predicted octanol–water partition coefficient (Wildman–Crippen LogP) is 4.91. The molecule has 0 aliphatic heterocycles. The monoisotopic (exact) mass is 369 g/mol. The number of nitrogens with zero attached hydrogens (tertiary/aromatic N) is 1. The first-order valence-electron chi connectivity index (χ1n) is 6.14. The lowest BCUT2D eigenvalue weighted by Gasteiger charge is -2.14. The van der Waals surface area contributed by atoms with Crippen molar-refractivity contribution in [3.8, 4) is 11.6 Å². The smallest absolute Gasteiger partial charge is 0.342 e. The van der Waals surface area contributed by atoms with Gasteiger partial charge in [-0.15, -0.1) is 0 Å². The van der Waals surface area contributed by atoms with E-state index in [-0.39, 0.29) is 16.5 Å². The predicted molar refractivity (Wildman–Crippen MR) is 84.6 cm³/mol. The maximum atomic E-state index is 11.4. The maximum Gasteiger partial charge on any atom is 0.342 e. The molecule has 2 rings (SSSR count). The SMILES string of the molecule is Cc1cnc(Oc2c(C)cc(Br)cc2C)c(C(=O)O)c1Cl. The van der Waals surface area contributed by atoms with Crippen LogP contribution in [-0.4, -0.2) is 16.1 Å². The summed E-state index contributed by atoms with van der Waals surface area (Å²) in [5.41, 5.74) is 2.21. The molecule has 0 spiro atoms. The Morgan fingerprint density at radius 2 is 1.81 bits per heavy atom. The number of halogens is 2. The van der Waals surface area contributed by atoms with Gasteiger partial charge < -0.3 is 9.84 Å². The number of carboxylic acid groups (broad SMARTS) is 1. The van der Waals surface area contributed by atoms with Crippen LogP contribution in [0.3, 0.4) is 0 Å². The van der Waals surface area contributed by atoms with Crippen LogP contribution in [0.25, 0.3) is 0 Å². The van der Waals surface area contributed by atoms with Gasteiger partial charge in [-0.25, -0.2) is 9.78 Å². The Kier molecular flexibility index (Phi) is 4.54. The molecular weight excluding hydrogens is 358 g/mol. The number of hydrogen-bond acceptors (Lipinski definition) is 3. The van der Waals surface area contributed by atoms with E-state index in [0.717, 1.165) is 15.6 Å². The molecule has 21 heavy (non-hydrogen) atoms. The maximum absolute atomic E-state index is 11.4. The van der Waals surface area contributed by atoms with Crippen molar-refractivity contribution in [1.82, 2.24) is 4.98 Å². The summed E-state index contributed by atoms with van der Waals surface area (Å²) in [5, 5.41) is 9.46. The first-order chi connectivity index (χ1) is 9.81. The normalized spacial score (nSPS) is 10.5. The minimum Gasteiger partial charge on any atom is -0.477 e. The number of rotatable bonds is 3. The number of ether oxygens (including phenoxy) is 1. The number of aromatic carboxylic acids is 1. The summed E-state index contributed by atoms with van der Waals surface area (Å²) in [6.45, 7) is 5.45. The fraction of sp³-hybridized carbons (Fsp3) is 0.200. The molecule has 0 fully saturated rings. The van der Waals surface area contributed by atoms with Crippen LogP contribution in [-0.2, 0) is 0 Å². The molecular formula is C15H13BrClNO3. The minimum atomic E-state index is -1.17. The lowest BCUT2D eigenvalue weighted by atomic mass is 10.1. The van der Waals surface area contributed by atoms with Gasteiger partial charge in [0.15, 0.2) is 0 Å². The van der Waals surface area contributed by atoms with Crippen molar-refractivity contribution in [2.24, 2.45) is 0 Å². The summed E-state index contributed by atoms with van der Waals surface area (Å²) in [6.07, 6.45) is 1.49. The highest BCUT2D eigenvalue weighted by atomic mass is 79.9. The van der Waals surface area contributed by atoms with Crippen molar-refractivity contribution in [1.29, 1.82) is 0 Å². The van der Waals surface area contributed by atoms with Crippen LogP contribution in [0.15, 0.2) is 22.8 Å². The second-order valence-electron chi connectivity index (χ2n) is 4.71. The van der Waals surface area contributed by atoms with Crippen molar-refractivity contribution < 1.29 is 14.6 Å². The zero-order valence-corrected chi connectivity index (χ0v) is 14.0. The largest absolute Gasteiger partial charge is 0.477 e. The lowest BCUT2D eigenvalue weighted by molar-refractivity contribution is 0.0693. The third kappa shape index (κ3) is 3.19. The van der Waals surface area contributed by atoms with Crippen molar-refractivity contribution >= 4 is 33.5 Å². The van der Waals surface area contributed by atoms with E-state index >= 15 is 0 Å². The zero-order chi connectivity index (χ0) is 15.7. The molecule has 0 amide bonds.